The molecule has 0 spiro atoms. The van der Waals surface area contributed by atoms with Crippen LogP contribution in [0.2, 0.25) is 0 Å². The first-order valence-corrected chi connectivity index (χ1v) is 8.92. The summed E-state index contributed by atoms with van der Waals surface area (Å²) in [6, 6.07) is 17.9. The standard InChI is InChI=1S/C20H14N2O5S/c23-19(13-6-2-1-3-7-13)21-16(20(24)25)12-14-10-11-18(28-14)15-8-4-5-9-17(15)22(26)27/h1-12H,(H,21,23)(H,24,25). The highest BCUT2D eigenvalue weighted by atomic mass is 32.1. The molecule has 0 aliphatic carbocycles. The van der Waals surface area contributed by atoms with Crippen LogP contribution in [0.25, 0.3) is 16.5 Å². The zero-order chi connectivity index (χ0) is 20.1. The summed E-state index contributed by atoms with van der Waals surface area (Å²) in [6.45, 7) is 0. The van der Waals surface area contributed by atoms with Gasteiger partial charge in [-0.15, -0.1) is 11.3 Å². The zero-order valence-electron chi connectivity index (χ0n) is 14.4. The van der Waals surface area contributed by atoms with E-state index in [1.54, 1.807) is 60.7 Å². The van der Waals surface area contributed by atoms with E-state index in [1.165, 1.54) is 23.5 Å². The average molecular weight is 394 g/mol. The van der Waals surface area contributed by atoms with Crippen LogP contribution >= 0.6 is 11.3 Å². The number of para-hydroxylation sites is 1. The van der Waals surface area contributed by atoms with Gasteiger partial charge in [-0.25, -0.2) is 4.79 Å². The van der Waals surface area contributed by atoms with Gasteiger partial charge < -0.3 is 10.4 Å². The fourth-order valence-corrected chi connectivity index (χ4v) is 3.48. The SMILES string of the molecule is O=C(O)C(=Cc1ccc(-c2ccccc2[N+](=O)[O-])s1)NC(=O)c1ccccc1. The van der Waals surface area contributed by atoms with Crippen molar-refractivity contribution < 1.29 is 19.6 Å². The van der Waals surface area contributed by atoms with Gasteiger partial charge in [-0.1, -0.05) is 30.3 Å². The predicted molar refractivity (Wildman–Crippen MR) is 106 cm³/mol. The number of thiophene rings is 1. The van der Waals surface area contributed by atoms with E-state index >= 15 is 0 Å². The normalized spacial score (nSPS) is 11.1. The molecule has 3 rings (SSSR count). The summed E-state index contributed by atoms with van der Waals surface area (Å²) >= 11 is 1.19. The molecular formula is C20H14N2O5S. The highest BCUT2D eigenvalue weighted by Crippen LogP contribution is 2.35. The van der Waals surface area contributed by atoms with Crippen LogP contribution in [0, 0.1) is 10.1 Å². The number of nitrogens with one attached hydrogen (secondary N) is 1. The van der Waals surface area contributed by atoms with Crippen molar-refractivity contribution >= 4 is 35.0 Å². The second-order valence-corrected chi connectivity index (χ2v) is 6.77. The lowest BCUT2D eigenvalue weighted by atomic mass is 10.1. The Balaban J connectivity index is 1.88. The lowest BCUT2D eigenvalue weighted by Crippen LogP contribution is -2.27. The number of nitro groups is 1. The van der Waals surface area contributed by atoms with Crippen LogP contribution in [-0.4, -0.2) is 21.9 Å². The Morgan fingerprint density at radius 3 is 2.36 bits per heavy atom. The van der Waals surface area contributed by atoms with Crippen LogP contribution in [0.1, 0.15) is 15.2 Å². The second-order valence-electron chi connectivity index (χ2n) is 5.66. The van der Waals surface area contributed by atoms with Crippen molar-refractivity contribution in [3.8, 4) is 10.4 Å². The van der Waals surface area contributed by atoms with Gasteiger partial charge in [0.2, 0.25) is 0 Å². The van der Waals surface area contributed by atoms with Crippen LogP contribution in [0.15, 0.2) is 72.4 Å². The fraction of sp³-hybridized carbons (Fsp3) is 0. The molecule has 0 fully saturated rings. The van der Waals surface area contributed by atoms with Gasteiger partial charge in [0.1, 0.15) is 5.70 Å². The largest absolute Gasteiger partial charge is 0.477 e. The van der Waals surface area contributed by atoms with Crippen molar-refractivity contribution in [2.45, 2.75) is 0 Å². The van der Waals surface area contributed by atoms with Gasteiger partial charge in [0.05, 0.1) is 10.5 Å². The minimum absolute atomic E-state index is 0.0317. The van der Waals surface area contributed by atoms with E-state index in [-0.39, 0.29) is 11.4 Å². The first-order valence-electron chi connectivity index (χ1n) is 8.10. The van der Waals surface area contributed by atoms with Gasteiger partial charge >= 0.3 is 5.97 Å². The van der Waals surface area contributed by atoms with Gasteiger partial charge in [-0.05, 0) is 36.4 Å². The summed E-state index contributed by atoms with van der Waals surface area (Å²) in [7, 11) is 0. The van der Waals surface area contributed by atoms with Crippen molar-refractivity contribution in [3.63, 3.8) is 0 Å². The quantitative estimate of drug-likeness (QED) is 0.370. The minimum atomic E-state index is -1.29. The molecule has 2 N–H and O–H groups in total. The Labute approximate surface area is 163 Å². The van der Waals surface area contributed by atoms with E-state index in [1.807, 2.05) is 0 Å². The maximum absolute atomic E-state index is 12.2. The van der Waals surface area contributed by atoms with Crippen LogP contribution in [-0.2, 0) is 4.79 Å². The number of carboxylic acids is 1. The summed E-state index contributed by atoms with van der Waals surface area (Å²) in [5.41, 5.74) is 0.462. The molecule has 0 aliphatic rings. The number of rotatable bonds is 6. The number of nitrogens with zero attached hydrogens (tertiary/aromatic N) is 1. The number of hydrogen-bond donors (Lipinski definition) is 2. The van der Waals surface area contributed by atoms with Crippen LogP contribution in [0.3, 0.4) is 0 Å². The third-order valence-corrected chi connectivity index (χ3v) is 4.86. The Morgan fingerprint density at radius 2 is 1.68 bits per heavy atom. The lowest BCUT2D eigenvalue weighted by Gasteiger charge is -2.05. The fourth-order valence-electron chi connectivity index (χ4n) is 2.49. The van der Waals surface area contributed by atoms with Gasteiger partial charge in [-0.2, -0.15) is 0 Å². The molecule has 0 radical (unpaired) electrons. The van der Waals surface area contributed by atoms with Crippen molar-refractivity contribution in [1.29, 1.82) is 0 Å². The number of carbonyl (C=O) groups excluding carboxylic acids is 1. The van der Waals surface area contributed by atoms with E-state index in [2.05, 4.69) is 5.32 Å². The Kier molecular flexibility index (Phi) is 5.61. The zero-order valence-corrected chi connectivity index (χ0v) is 15.2. The number of amides is 1. The van der Waals surface area contributed by atoms with Crippen molar-refractivity contribution in [3.05, 3.63) is 93.0 Å². The number of carboxylic acid groups (broad SMARTS) is 1. The molecule has 0 atom stereocenters. The second kappa shape index (κ2) is 8.28. The summed E-state index contributed by atoms with van der Waals surface area (Å²) < 4.78 is 0. The summed E-state index contributed by atoms with van der Waals surface area (Å²) in [4.78, 5) is 35.6. The minimum Gasteiger partial charge on any atom is -0.477 e. The van der Waals surface area contributed by atoms with Crippen molar-refractivity contribution in [2.75, 3.05) is 0 Å². The smallest absolute Gasteiger partial charge is 0.352 e. The van der Waals surface area contributed by atoms with Gasteiger partial charge in [-0.3, -0.25) is 14.9 Å². The molecule has 2 aromatic carbocycles. The molecule has 0 aliphatic heterocycles. The van der Waals surface area contributed by atoms with Crippen LogP contribution in [0.5, 0.6) is 0 Å². The van der Waals surface area contributed by atoms with Crippen LogP contribution in [0.4, 0.5) is 5.69 Å². The Bertz CT molecular complexity index is 1070. The van der Waals surface area contributed by atoms with E-state index in [0.29, 0.717) is 20.9 Å². The topological polar surface area (TPSA) is 110 Å². The van der Waals surface area contributed by atoms with E-state index < -0.39 is 16.8 Å². The van der Waals surface area contributed by atoms with Crippen LogP contribution < -0.4 is 5.32 Å². The number of carbonyl (C=O) groups is 2. The summed E-state index contributed by atoms with van der Waals surface area (Å²) in [5.74, 6) is -1.82. The highest BCUT2D eigenvalue weighted by Gasteiger charge is 2.17. The average Bonchev–Trinajstić information content (AvgIpc) is 3.16. The van der Waals surface area contributed by atoms with E-state index in [9.17, 15) is 24.8 Å². The molecule has 7 nitrogen and oxygen atoms in total. The molecule has 0 saturated heterocycles. The molecule has 8 heteroatoms. The third kappa shape index (κ3) is 4.30. The van der Waals surface area contributed by atoms with Gasteiger partial charge in [0.25, 0.3) is 11.6 Å². The Morgan fingerprint density at radius 1 is 1.00 bits per heavy atom. The number of benzene rings is 2. The molecule has 1 heterocycles. The predicted octanol–water partition coefficient (Wildman–Crippen LogP) is 4.18. The van der Waals surface area contributed by atoms with E-state index in [0.717, 1.165) is 0 Å². The summed E-state index contributed by atoms with van der Waals surface area (Å²) in [6.07, 6.45) is 1.33. The first-order chi connectivity index (χ1) is 13.5. The molecular weight excluding hydrogens is 380 g/mol. The Hall–Kier alpha value is -3.78. The summed E-state index contributed by atoms with van der Waals surface area (Å²) in [5, 5.41) is 23.0. The molecule has 1 amide bonds. The highest BCUT2D eigenvalue weighted by molar-refractivity contribution is 7.16. The number of nitro benzene ring substituents is 1. The van der Waals surface area contributed by atoms with Crippen molar-refractivity contribution in [1.82, 2.24) is 5.32 Å². The number of aliphatic carboxylic acids is 1. The molecule has 140 valence electrons. The number of hydrogen-bond acceptors (Lipinski definition) is 5. The lowest BCUT2D eigenvalue weighted by molar-refractivity contribution is -0.384. The van der Waals surface area contributed by atoms with E-state index in [4.69, 9.17) is 0 Å². The maximum atomic E-state index is 12.2. The third-order valence-electron chi connectivity index (χ3n) is 3.79. The molecule has 28 heavy (non-hydrogen) atoms. The maximum Gasteiger partial charge on any atom is 0.352 e. The monoisotopic (exact) mass is 394 g/mol. The molecule has 3 aromatic rings. The van der Waals surface area contributed by atoms with Gasteiger partial charge in [0.15, 0.2) is 0 Å². The molecule has 1 aromatic heterocycles. The van der Waals surface area contributed by atoms with Gasteiger partial charge in [0, 0.05) is 21.4 Å². The molecule has 0 bridgehead atoms. The van der Waals surface area contributed by atoms with Crippen molar-refractivity contribution in [2.24, 2.45) is 0 Å². The first kappa shape index (κ1) is 19.0. The molecule has 0 saturated carbocycles. The molecule has 0 unspecified atom stereocenters.